The van der Waals surface area contributed by atoms with E-state index >= 15 is 0 Å². The molecule has 120 valence electrons. The average molecular weight is 316 g/mol. The van der Waals surface area contributed by atoms with Crippen molar-refractivity contribution < 1.29 is 23.1 Å². The number of hydrogen-bond acceptors (Lipinski definition) is 5. The molecule has 0 spiro atoms. The van der Waals surface area contributed by atoms with Crippen molar-refractivity contribution >= 4 is 23.9 Å². The van der Waals surface area contributed by atoms with Gasteiger partial charge in [-0.05, 0) is 18.8 Å². The van der Waals surface area contributed by atoms with Crippen molar-refractivity contribution in [2.24, 2.45) is 17.8 Å². The summed E-state index contributed by atoms with van der Waals surface area (Å²) in [5.74, 6) is 1.12. The third-order valence-electron chi connectivity index (χ3n) is 5.29. The first-order valence-electron chi connectivity index (χ1n) is 7.95. The Morgan fingerprint density at radius 3 is 2.10 bits per heavy atom. The van der Waals surface area contributed by atoms with Crippen molar-refractivity contribution in [3.63, 3.8) is 0 Å². The highest BCUT2D eigenvalue weighted by molar-refractivity contribution is 7.33. The maximum Gasteiger partial charge on any atom is 0.319 e. The Labute approximate surface area is 130 Å². The number of hydrogen-bond donors (Lipinski definition) is 0. The summed E-state index contributed by atoms with van der Waals surface area (Å²) in [6, 6.07) is 0.348. The molecule has 5 nitrogen and oxygen atoms in total. The Morgan fingerprint density at radius 2 is 1.62 bits per heavy atom. The van der Waals surface area contributed by atoms with E-state index in [1.807, 2.05) is 14.8 Å². The molecule has 9 unspecified atom stereocenters. The monoisotopic (exact) mass is 316 g/mol. The van der Waals surface area contributed by atoms with E-state index in [9.17, 15) is 4.57 Å². The standard InChI is InChI=1S/C13H27B2O5P/c1-6-7(2)12(14)19-10(6)5-17-21(16)20-11-8(3)13(15)18-9(11)4/h6-13,21H,5,14-15H2,1-4H3. The van der Waals surface area contributed by atoms with Gasteiger partial charge in [0, 0.05) is 17.9 Å². The second kappa shape index (κ2) is 7.18. The highest BCUT2D eigenvalue weighted by Crippen LogP contribution is 2.38. The van der Waals surface area contributed by atoms with Gasteiger partial charge in [-0.3, -0.25) is 4.57 Å². The molecule has 0 aromatic carbocycles. The summed E-state index contributed by atoms with van der Waals surface area (Å²) in [6.45, 7) is 8.66. The van der Waals surface area contributed by atoms with Crippen molar-refractivity contribution in [2.45, 2.75) is 58.0 Å². The van der Waals surface area contributed by atoms with Crippen LogP contribution in [-0.4, -0.2) is 52.6 Å². The highest BCUT2D eigenvalue weighted by atomic mass is 31.1. The van der Waals surface area contributed by atoms with Crippen LogP contribution in [0.1, 0.15) is 27.7 Å². The molecule has 0 N–H and O–H groups in total. The van der Waals surface area contributed by atoms with Gasteiger partial charge in [-0.25, -0.2) is 0 Å². The molecule has 2 aliphatic heterocycles. The van der Waals surface area contributed by atoms with Crippen molar-refractivity contribution in [3.8, 4) is 0 Å². The number of rotatable bonds is 5. The van der Waals surface area contributed by atoms with Crippen LogP contribution in [0.5, 0.6) is 0 Å². The van der Waals surface area contributed by atoms with E-state index in [0.717, 1.165) is 0 Å². The van der Waals surface area contributed by atoms with E-state index in [4.69, 9.17) is 18.5 Å². The zero-order valence-electron chi connectivity index (χ0n) is 13.9. The van der Waals surface area contributed by atoms with E-state index in [1.54, 1.807) is 0 Å². The lowest BCUT2D eigenvalue weighted by Crippen LogP contribution is -2.26. The molecule has 21 heavy (non-hydrogen) atoms. The minimum absolute atomic E-state index is 0.00106. The molecule has 2 heterocycles. The molecule has 9 atom stereocenters. The van der Waals surface area contributed by atoms with Gasteiger partial charge in [0.2, 0.25) is 0 Å². The summed E-state index contributed by atoms with van der Waals surface area (Å²) in [5.41, 5.74) is 0. The molecule has 2 saturated heterocycles. The minimum Gasteiger partial charge on any atom is -0.381 e. The molecule has 2 fully saturated rings. The summed E-state index contributed by atoms with van der Waals surface area (Å²) in [5, 5.41) is 0. The van der Waals surface area contributed by atoms with Gasteiger partial charge in [0.15, 0.2) is 0 Å². The molecule has 2 rings (SSSR count). The van der Waals surface area contributed by atoms with Gasteiger partial charge >= 0.3 is 8.25 Å². The maximum atomic E-state index is 12.1. The lowest BCUT2D eigenvalue weighted by Gasteiger charge is -2.20. The smallest absolute Gasteiger partial charge is 0.319 e. The summed E-state index contributed by atoms with van der Waals surface area (Å²) in [7, 11) is 1.57. The van der Waals surface area contributed by atoms with Crippen molar-refractivity contribution in [3.05, 3.63) is 0 Å². The van der Waals surface area contributed by atoms with Gasteiger partial charge < -0.3 is 18.5 Å². The fourth-order valence-electron chi connectivity index (χ4n) is 3.21. The first-order valence-corrected chi connectivity index (χ1v) is 9.18. The first kappa shape index (κ1) is 17.6. The molecule has 0 aliphatic carbocycles. The largest absolute Gasteiger partial charge is 0.381 e. The Kier molecular flexibility index (Phi) is 6.00. The summed E-state index contributed by atoms with van der Waals surface area (Å²) < 4.78 is 34.6. The number of ether oxygens (including phenoxy) is 2. The lowest BCUT2D eigenvalue weighted by atomic mass is 9.82. The van der Waals surface area contributed by atoms with Crippen LogP contribution in [0.15, 0.2) is 0 Å². The third-order valence-corrected chi connectivity index (χ3v) is 6.16. The Bertz CT molecular complexity index is 386. The zero-order chi connectivity index (χ0) is 15.7. The summed E-state index contributed by atoms with van der Waals surface area (Å²) in [6.07, 6.45) is -0.207. The first-order chi connectivity index (χ1) is 9.81. The van der Waals surface area contributed by atoms with Crippen LogP contribution in [0.2, 0.25) is 0 Å². The fraction of sp³-hybridized carbons (Fsp3) is 1.00. The molecule has 0 amide bonds. The third kappa shape index (κ3) is 3.94. The Balaban J connectivity index is 1.78. The van der Waals surface area contributed by atoms with Gasteiger partial charge in [0.1, 0.15) is 15.7 Å². The van der Waals surface area contributed by atoms with Gasteiger partial charge in [0.25, 0.3) is 0 Å². The average Bonchev–Trinajstić information content (AvgIpc) is 2.81. The Morgan fingerprint density at radius 1 is 1.00 bits per heavy atom. The highest BCUT2D eigenvalue weighted by Gasteiger charge is 2.39. The van der Waals surface area contributed by atoms with Crippen LogP contribution >= 0.6 is 8.25 Å². The Hall–Kier alpha value is 0.200. The summed E-state index contributed by atoms with van der Waals surface area (Å²) in [4.78, 5) is 0. The molecule has 0 aromatic rings. The second-order valence-corrected chi connectivity index (χ2v) is 7.67. The van der Waals surface area contributed by atoms with E-state index in [-0.39, 0.29) is 36.2 Å². The van der Waals surface area contributed by atoms with E-state index < -0.39 is 8.25 Å². The molecule has 0 saturated carbocycles. The van der Waals surface area contributed by atoms with Gasteiger partial charge in [-0.1, -0.05) is 20.8 Å². The fourth-order valence-corrected chi connectivity index (χ4v) is 4.21. The predicted molar refractivity (Wildman–Crippen MR) is 87.4 cm³/mol. The van der Waals surface area contributed by atoms with Gasteiger partial charge in [0.05, 0.1) is 24.9 Å². The van der Waals surface area contributed by atoms with Crippen molar-refractivity contribution in [2.75, 3.05) is 6.61 Å². The molecular formula is C13H27B2O5P. The van der Waals surface area contributed by atoms with Crippen LogP contribution in [0.4, 0.5) is 0 Å². The molecule has 0 radical (unpaired) electrons. The van der Waals surface area contributed by atoms with E-state index in [1.165, 1.54) is 0 Å². The second-order valence-electron chi connectivity index (χ2n) is 6.65. The quantitative estimate of drug-likeness (QED) is 0.544. The van der Waals surface area contributed by atoms with Gasteiger partial charge in [-0.15, -0.1) is 0 Å². The van der Waals surface area contributed by atoms with Crippen molar-refractivity contribution in [1.29, 1.82) is 0 Å². The molecule has 2 aliphatic rings. The van der Waals surface area contributed by atoms with Crippen LogP contribution in [0.25, 0.3) is 0 Å². The molecule has 8 heteroatoms. The molecule has 0 aromatic heterocycles. The van der Waals surface area contributed by atoms with E-state index in [0.29, 0.717) is 18.4 Å². The van der Waals surface area contributed by atoms with Crippen LogP contribution in [0, 0.1) is 17.8 Å². The van der Waals surface area contributed by atoms with Crippen LogP contribution in [0.3, 0.4) is 0 Å². The molecule has 0 bridgehead atoms. The normalized spacial score (nSPS) is 48.6. The topological polar surface area (TPSA) is 54.0 Å². The van der Waals surface area contributed by atoms with Crippen LogP contribution < -0.4 is 0 Å². The SMILES string of the molecule is BC1OC(CO[PH](=O)OC2C(C)OC(B)C2C)C(C)C1C. The lowest BCUT2D eigenvalue weighted by molar-refractivity contribution is 0.0222. The maximum absolute atomic E-state index is 12.1. The van der Waals surface area contributed by atoms with Crippen molar-refractivity contribution in [1.82, 2.24) is 0 Å². The molecular weight excluding hydrogens is 289 g/mol. The van der Waals surface area contributed by atoms with Gasteiger partial charge in [-0.2, -0.15) is 0 Å². The van der Waals surface area contributed by atoms with Crippen LogP contribution in [-0.2, 0) is 23.1 Å². The van der Waals surface area contributed by atoms with E-state index in [2.05, 4.69) is 28.6 Å². The predicted octanol–water partition coefficient (Wildman–Crippen LogP) is 0.422. The zero-order valence-corrected chi connectivity index (χ0v) is 14.9. The minimum atomic E-state index is -2.52. The summed E-state index contributed by atoms with van der Waals surface area (Å²) >= 11 is 0.